The number of likely N-dealkylation sites (tertiary alicyclic amines) is 2. The van der Waals surface area contributed by atoms with Gasteiger partial charge in [0.15, 0.2) is 16.7 Å². The summed E-state index contributed by atoms with van der Waals surface area (Å²) >= 11 is 0. The summed E-state index contributed by atoms with van der Waals surface area (Å²) in [4.78, 5) is 12.0. The Kier molecular flexibility index (Phi) is 26.6. The number of hydrogen-bond donors (Lipinski definition) is 1. The Hall–Kier alpha value is -4.19. The summed E-state index contributed by atoms with van der Waals surface area (Å²) in [6, 6.07) is 12.9. The van der Waals surface area contributed by atoms with Crippen LogP contribution < -0.4 is 19.5 Å². The van der Waals surface area contributed by atoms with Gasteiger partial charge in [-0.2, -0.15) is 0 Å². The molecule has 17 heteroatoms. The number of aromatic nitrogens is 3. The fourth-order valence-corrected chi connectivity index (χ4v) is 15.3. The zero-order valence-electron chi connectivity index (χ0n) is 57.2. The van der Waals surface area contributed by atoms with Crippen LogP contribution in [0.25, 0.3) is 32.9 Å². The van der Waals surface area contributed by atoms with Gasteiger partial charge in [-0.25, -0.2) is 0 Å². The van der Waals surface area contributed by atoms with Gasteiger partial charge in [-0.05, 0) is 307 Å². The number of ether oxygens (including phenoxy) is 3. The number of halogens is 2. The molecule has 6 heterocycles. The number of fused-ring (bicyclic) bond motifs is 3. The van der Waals surface area contributed by atoms with Crippen LogP contribution in [0.1, 0.15) is 181 Å². The molecule has 0 spiro atoms. The molecule has 510 valence electrons. The van der Waals surface area contributed by atoms with Crippen molar-refractivity contribution in [1.82, 2.24) is 45.3 Å². The molecule has 0 bridgehead atoms. The van der Waals surface area contributed by atoms with Gasteiger partial charge in [-0.1, -0.05) is 41.2 Å². The van der Waals surface area contributed by atoms with Crippen molar-refractivity contribution in [3.8, 4) is 17.2 Å². The second-order valence-electron chi connectivity index (χ2n) is 30.2. The molecular formula is C75H115Cl2N9O6. The van der Waals surface area contributed by atoms with E-state index < -0.39 is 0 Å². The Morgan fingerprint density at radius 3 is 0.989 bits per heavy atom. The predicted octanol–water partition coefficient (Wildman–Crippen LogP) is 15.5. The molecule has 3 aromatic heterocycles. The topological polar surface area (TPSA) is 134 Å². The molecule has 5 aliphatic carbocycles. The Bertz CT molecular complexity index is 3010. The summed E-state index contributed by atoms with van der Waals surface area (Å²) in [5.41, 5.74) is 9.54. The van der Waals surface area contributed by atoms with Gasteiger partial charge in [-0.15, -0.1) is 24.8 Å². The minimum absolute atomic E-state index is 0. The van der Waals surface area contributed by atoms with Crippen molar-refractivity contribution >= 4 is 57.7 Å². The molecule has 15 nitrogen and oxygen atoms in total. The first-order valence-electron chi connectivity index (χ1n) is 36.2. The lowest BCUT2D eigenvalue weighted by Gasteiger charge is -2.33. The fourth-order valence-electron chi connectivity index (χ4n) is 15.3. The van der Waals surface area contributed by atoms with E-state index in [9.17, 15) is 0 Å². The maximum absolute atomic E-state index is 6.17. The van der Waals surface area contributed by atoms with E-state index >= 15 is 0 Å². The van der Waals surface area contributed by atoms with Gasteiger partial charge in [-0.3, -0.25) is 0 Å². The molecule has 5 saturated carbocycles. The smallest absolute Gasteiger partial charge is 0.175 e. The van der Waals surface area contributed by atoms with Crippen molar-refractivity contribution in [1.29, 1.82) is 0 Å². The van der Waals surface area contributed by atoms with Crippen LogP contribution in [0.15, 0.2) is 50.0 Å². The highest BCUT2D eigenvalue weighted by Crippen LogP contribution is 2.40. The average Bonchev–Trinajstić information content (AvgIpc) is 1.68. The van der Waals surface area contributed by atoms with E-state index in [1.54, 1.807) is 0 Å². The van der Waals surface area contributed by atoms with E-state index in [-0.39, 0.29) is 24.8 Å². The molecule has 92 heavy (non-hydrogen) atoms. The van der Waals surface area contributed by atoms with E-state index in [0.29, 0.717) is 0 Å². The van der Waals surface area contributed by atoms with E-state index in [1.165, 1.54) is 198 Å². The van der Waals surface area contributed by atoms with Crippen LogP contribution in [0.2, 0.25) is 0 Å². The lowest BCUT2D eigenvalue weighted by Crippen LogP contribution is -2.36. The third kappa shape index (κ3) is 20.2. The Labute approximate surface area is 563 Å². The van der Waals surface area contributed by atoms with Crippen molar-refractivity contribution in [2.45, 2.75) is 187 Å². The molecule has 0 amide bonds. The molecule has 3 aliphatic heterocycles. The van der Waals surface area contributed by atoms with Crippen LogP contribution in [0.4, 0.5) is 0 Å². The average molecular weight is 1310 g/mol. The molecule has 1 N–H and O–H groups in total. The third-order valence-corrected chi connectivity index (χ3v) is 21.5. The molecule has 0 radical (unpaired) electrons. The Morgan fingerprint density at radius 1 is 0.391 bits per heavy atom. The van der Waals surface area contributed by atoms with Crippen LogP contribution in [0, 0.1) is 47.3 Å². The highest BCUT2D eigenvalue weighted by atomic mass is 35.5. The van der Waals surface area contributed by atoms with Crippen molar-refractivity contribution in [2.75, 3.05) is 114 Å². The summed E-state index contributed by atoms with van der Waals surface area (Å²) < 4.78 is 36.1. The standard InChI is InChI=1S/2C27H41N3O2.C21H31N3O2.2ClH/c2*1-29(2)18-24-26(31-19-22-7-8-22)12-10-23-25(28-32-27(23)24)11-9-20-13-15-30(16-14-20)17-21-5-3-4-6-21;1-24(2)13-18-20(25-14-16-3-4-16)8-6-17-19(23-26-21(17)18)7-5-15-9-11-22-12-10-15;;/h2*10,12,20-22H,3-9,11,13-19H2,1-2H3;6,8,15-16,22H,3-5,7,9-14H2,1-2H3;2*1H. The SMILES string of the molecule is CN(C)Cc1c(OCC2CC2)ccc2c(CCC3CCN(CC4CCCC4)CC3)noc12.CN(C)Cc1c(OCC2CC2)ccc2c(CCC3CCN(CC4CCCC4)CC3)noc12.CN(C)Cc1c(OCC2CC2)ccc2c(CCC3CCNCC3)noc12.Cl.Cl. The van der Waals surface area contributed by atoms with Crippen molar-refractivity contribution in [3.63, 3.8) is 0 Å². The van der Waals surface area contributed by atoms with Crippen LogP contribution in [0.5, 0.6) is 17.2 Å². The normalized spacial score (nSPS) is 20.1. The lowest BCUT2D eigenvalue weighted by atomic mass is 9.90. The molecule has 8 fully saturated rings. The zero-order valence-corrected chi connectivity index (χ0v) is 58.8. The molecule has 0 unspecified atom stereocenters. The van der Waals surface area contributed by atoms with Crippen LogP contribution in [-0.4, -0.2) is 154 Å². The largest absolute Gasteiger partial charge is 0.493 e. The van der Waals surface area contributed by atoms with Gasteiger partial charge in [0.05, 0.1) is 53.6 Å². The summed E-state index contributed by atoms with van der Waals surface area (Å²) in [5, 5.41) is 20.4. The maximum atomic E-state index is 6.17. The first-order valence-corrected chi connectivity index (χ1v) is 36.2. The van der Waals surface area contributed by atoms with E-state index in [4.69, 9.17) is 27.8 Å². The Balaban J connectivity index is 0.000000151. The van der Waals surface area contributed by atoms with Gasteiger partial charge in [0.25, 0.3) is 0 Å². The number of nitrogens with one attached hydrogen (secondary N) is 1. The third-order valence-electron chi connectivity index (χ3n) is 21.5. The number of aryl methyl sites for hydroxylation is 3. The molecule has 0 atom stereocenters. The first-order chi connectivity index (χ1) is 44.0. The predicted molar refractivity (Wildman–Crippen MR) is 376 cm³/mol. The molecular weight excluding hydrogens is 1190 g/mol. The van der Waals surface area contributed by atoms with Crippen molar-refractivity contribution < 1.29 is 27.8 Å². The van der Waals surface area contributed by atoms with Crippen LogP contribution in [0.3, 0.4) is 0 Å². The lowest BCUT2D eigenvalue weighted by molar-refractivity contribution is 0.157. The molecule has 3 aromatic carbocycles. The van der Waals surface area contributed by atoms with E-state index in [0.717, 1.165) is 192 Å². The van der Waals surface area contributed by atoms with Gasteiger partial charge in [0.1, 0.15) is 17.2 Å². The van der Waals surface area contributed by atoms with Crippen molar-refractivity contribution in [2.24, 2.45) is 47.3 Å². The maximum Gasteiger partial charge on any atom is 0.175 e. The van der Waals surface area contributed by atoms with Crippen molar-refractivity contribution in [3.05, 3.63) is 70.2 Å². The zero-order chi connectivity index (χ0) is 61.8. The summed E-state index contributed by atoms with van der Waals surface area (Å²) in [6.07, 6.45) is 34.1. The highest BCUT2D eigenvalue weighted by molar-refractivity contribution is 5.87. The monoisotopic (exact) mass is 1310 g/mol. The van der Waals surface area contributed by atoms with E-state index in [1.807, 2.05) is 0 Å². The minimum atomic E-state index is 0. The van der Waals surface area contributed by atoms with E-state index in [2.05, 4.69) is 124 Å². The fraction of sp³-hybridized carbons (Fsp3) is 0.720. The highest BCUT2D eigenvalue weighted by Gasteiger charge is 2.30. The second kappa shape index (κ2) is 34.7. The summed E-state index contributed by atoms with van der Waals surface area (Å²) in [7, 11) is 12.6. The van der Waals surface area contributed by atoms with Gasteiger partial charge < -0.3 is 57.6 Å². The molecule has 6 aromatic rings. The quantitative estimate of drug-likeness (QED) is 0.0499. The van der Waals surface area contributed by atoms with Crippen LogP contribution in [-0.2, 0) is 38.9 Å². The minimum Gasteiger partial charge on any atom is -0.493 e. The van der Waals surface area contributed by atoms with Gasteiger partial charge >= 0.3 is 0 Å². The number of piperidine rings is 3. The van der Waals surface area contributed by atoms with Gasteiger partial charge in [0.2, 0.25) is 0 Å². The molecule has 14 rings (SSSR count). The number of rotatable bonds is 28. The molecule has 3 saturated heterocycles. The number of nitrogens with zero attached hydrogens (tertiary/aromatic N) is 8. The van der Waals surface area contributed by atoms with Gasteiger partial charge in [0, 0.05) is 48.9 Å². The Morgan fingerprint density at radius 2 is 0.696 bits per heavy atom. The second-order valence-corrected chi connectivity index (χ2v) is 30.2. The summed E-state index contributed by atoms with van der Waals surface area (Å²) in [5.74, 6) is 9.53. The molecule has 8 aliphatic rings. The first kappa shape index (κ1) is 70.6. The summed E-state index contributed by atoms with van der Waals surface area (Å²) in [6.45, 7) is 15.0. The van der Waals surface area contributed by atoms with Crippen LogP contribution >= 0.6 is 24.8 Å². The number of benzene rings is 3. The number of hydrogen-bond acceptors (Lipinski definition) is 15.